The molecule has 5 aromatic carbocycles. The predicted molar refractivity (Wildman–Crippen MR) is 172 cm³/mol. The smallest absolute Gasteiger partial charge is 0.195 e. The summed E-state index contributed by atoms with van der Waals surface area (Å²) in [4.78, 5) is 16.4. The van der Waals surface area contributed by atoms with Crippen LogP contribution in [-0.4, -0.2) is 46.3 Å². The van der Waals surface area contributed by atoms with E-state index in [4.69, 9.17) is 18.9 Å². The van der Waals surface area contributed by atoms with Gasteiger partial charge in [-0.3, -0.25) is 4.79 Å². The molecule has 0 aromatic heterocycles. The third-order valence-corrected chi connectivity index (χ3v) is 9.10. The van der Waals surface area contributed by atoms with Crippen molar-refractivity contribution in [2.75, 3.05) is 45.4 Å². The highest BCUT2D eigenvalue weighted by Crippen LogP contribution is 2.53. The second kappa shape index (κ2) is 10.3. The number of rotatable bonds is 5. The molecule has 2 heterocycles. The summed E-state index contributed by atoms with van der Waals surface area (Å²) < 4.78 is 24.0. The zero-order valence-electron chi connectivity index (χ0n) is 24.6. The summed E-state index contributed by atoms with van der Waals surface area (Å²) in [5.41, 5.74) is 6.12. The van der Waals surface area contributed by atoms with E-state index in [2.05, 4.69) is 53.5 Å². The molecule has 2 aliphatic heterocycles. The summed E-state index contributed by atoms with van der Waals surface area (Å²) in [5.74, 6) is 2.00. The number of carbonyl (C=O) groups is 1. The number of hydrogen-bond donors (Lipinski definition) is 0. The SMILES string of the molecule is COc1ccc2c(c1)C(=O)c1c3c(c4cc(OC)ccc4c1-2)OC(c1ccccc1)(c1ccc(N2CCOCC2)cc1)C=C3. The average Bonchev–Trinajstić information content (AvgIpc) is 3.40. The van der Waals surface area contributed by atoms with Crippen LogP contribution in [0.25, 0.3) is 28.0 Å². The van der Waals surface area contributed by atoms with Gasteiger partial charge in [-0.25, -0.2) is 0 Å². The maximum Gasteiger partial charge on any atom is 0.195 e. The van der Waals surface area contributed by atoms with Crippen molar-refractivity contribution in [1.82, 2.24) is 0 Å². The first-order chi connectivity index (χ1) is 21.6. The zero-order valence-corrected chi connectivity index (χ0v) is 24.6. The Bertz CT molecular complexity index is 1960. The van der Waals surface area contributed by atoms with Gasteiger partial charge in [0.05, 0.1) is 27.4 Å². The summed E-state index contributed by atoms with van der Waals surface area (Å²) in [5, 5.41) is 1.83. The first-order valence-electron chi connectivity index (χ1n) is 14.9. The van der Waals surface area contributed by atoms with E-state index in [1.165, 1.54) is 0 Å². The zero-order chi connectivity index (χ0) is 29.8. The Balaban J connectivity index is 1.35. The van der Waals surface area contributed by atoms with Gasteiger partial charge in [0.15, 0.2) is 11.4 Å². The van der Waals surface area contributed by atoms with Crippen LogP contribution < -0.4 is 19.1 Å². The topological polar surface area (TPSA) is 57.2 Å². The van der Waals surface area contributed by atoms with Gasteiger partial charge >= 0.3 is 0 Å². The molecule has 5 aromatic rings. The van der Waals surface area contributed by atoms with Crippen molar-refractivity contribution in [3.8, 4) is 28.4 Å². The minimum atomic E-state index is -0.917. The molecule has 6 nitrogen and oxygen atoms in total. The number of carbonyl (C=O) groups excluding carboxylic acids is 1. The van der Waals surface area contributed by atoms with Crippen LogP contribution in [-0.2, 0) is 10.3 Å². The molecule has 6 heteroatoms. The second-order valence-electron chi connectivity index (χ2n) is 11.3. The molecule has 0 saturated carbocycles. The molecule has 1 unspecified atom stereocenters. The van der Waals surface area contributed by atoms with Gasteiger partial charge in [-0.05, 0) is 71.6 Å². The number of nitrogens with zero attached hydrogens (tertiary/aromatic N) is 1. The molecule has 8 rings (SSSR count). The number of anilines is 1. The third kappa shape index (κ3) is 3.95. The van der Waals surface area contributed by atoms with Crippen LogP contribution in [0.1, 0.15) is 32.6 Å². The van der Waals surface area contributed by atoms with Gasteiger partial charge < -0.3 is 23.8 Å². The van der Waals surface area contributed by atoms with Crippen LogP contribution in [0.15, 0.2) is 97.1 Å². The Hall–Kier alpha value is -5.07. The Kier molecular flexibility index (Phi) is 6.20. The lowest BCUT2D eigenvalue weighted by atomic mass is 9.81. The maximum atomic E-state index is 14.1. The molecule has 3 aliphatic rings. The van der Waals surface area contributed by atoms with Gasteiger partial charge in [0.1, 0.15) is 17.2 Å². The lowest BCUT2D eigenvalue weighted by Gasteiger charge is -2.37. The van der Waals surface area contributed by atoms with E-state index in [1.54, 1.807) is 14.2 Å². The van der Waals surface area contributed by atoms with Gasteiger partial charge in [0.25, 0.3) is 0 Å². The molecule has 1 atom stereocenters. The molecule has 44 heavy (non-hydrogen) atoms. The molecular weight excluding hydrogens is 550 g/mol. The van der Waals surface area contributed by atoms with Crippen molar-refractivity contribution < 1.29 is 23.7 Å². The van der Waals surface area contributed by atoms with E-state index < -0.39 is 5.60 Å². The van der Waals surface area contributed by atoms with Gasteiger partial charge in [0.2, 0.25) is 0 Å². The maximum absolute atomic E-state index is 14.1. The fourth-order valence-electron chi connectivity index (χ4n) is 6.86. The molecule has 0 N–H and O–H groups in total. The van der Waals surface area contributed by atoms with Gasteiger partial charge in [-0.2, -0.15) is 0 Å². The number of ketones is 1. The van der Waals surface area contributed by atoms with E-state index in [-0.39, 0.29) is 5.78 Å². The molecule has 218 valence electrons. The van der Waals surface area contributed by atoms with E-state index >= 15 is 0 Å². The Morgan fingerprint density at radius 1 is 0.727 bits per heavy atom. The van der Waals surface area contributed by atoms with Crippen LogP contribution in [0.4, 0.5) is 5.69 Å². The predicted octanol–water partition coefficient (Wildman–Crippen LogP) is 7.25. The number of methoxy groups -OCH3 is 2. The Morgan fingerprint density at radius 2 is 1.43 bits per heavy atom. The normalized spacial score (nSPS) is 18.4. The summed E-state index contributed by atoms with van der Waals surface area (Å²) >= 11 is 0. The van der Waals surface area contributed by atoms with E-state index in [0.717, 1.165) is 76.3 Å². The fraction of sp³-hybridized carbons (Fsp3) is 0.184. The number of hydrogen-bond acceptors (Lipinski definition) is 6. The lowest BCUT2D eigenvalue weighted by molar-refractivity contribution is 0.104. The number of fused-ring (bicyclic) bond motifs is 8. The molecule has 0 spiro atoms. The monoisotopic (exact) mass is 581 g/mol. The van der Waals surface area contributed by atoms with Gasteiger partial charge in [-0.15, -0.1) is 0 Å². The van der Waals surface area contributed by atoms with Crippen LogP contribution in [0.5, 0.6) is 17.2 Å². The van der Waals surface area contributed by atoms with E-state index in [9.17, 15) is 4.79 Å². The quantitative estimate of drug-likeness (QED) is 0.214. The second-order valence-corrected chi connectivity index (χ2v) is 11.3. The fourth-order valence-corrected chi connectivity index (χ4v) is 6.86. The van der Waals surface area contributed by atoms with E-state index in [0.29, 0.717) is 22.6 Å². The molecular formula is C38H31NO5. The van der Waals surface area contributed by atoms with Crippen LogP contribution in [0.2, 0.25) is 0 Å². The first kappa shape index (κ1) is 26.5. The van der Waals surface area contributed by atoms with Crippen molar-refractivity contribution in [1.29, 1.82) is 0 Å². The van der Waals surface area contributed by atoms with Gasteiger partial charge in [-0.1, -0.05) is 42.5 Å². The molecule has 0 bridgehead atoms. The summed E-state index contributed by atoms with van der Waals surface area (Å²) in [7, 11) is 3.28. The molecule has 1 saturated heterocycles. The highest BCUT2D eigenvalue weighted by molar-refractivity contribution is 6.29. The van der Waals surface area contributed by atoms with Crippen molar-refractivity contribution in [2.45, 2.75) is 5.60 Å². The largest absolute Gasteiger partial charge is 0.497 e. The number of ether oxygens (including phenoxy) is 4. The number of morpholine rings is 1. The minimum absolute atomic E-state index is 0.0295. The van der Waals surface area contributed by atoms with E-state index in [1.807, 2.05) is 54.6 Å². The molecule has 0 radical (unpaired) electrons. The van der Waals surface area contributed by atoms with Gasteiger partial charge in [0, 0.05) is 57.5 Å². The van der Waals surface area contributed by atoms with Crippen molar-refractivity contribution in [3.63, 3.8) is 0 Å². The number of benzene rings is 5. The Labute approximate surface area is 256 Å². The van der Waals surface area contributed by atoms with Crippen molar-refractivity contribution in [2.24, 2.45) is 0 Å². The molecule has 1 aliphatic carbocycles. The minimum Gasteiger partial charge on any atom is -0.497 e. The average molecular weight is 582 g/mol. The summed E-state index contributed by atoms with van der Waals surface area (Å²) in [6.45, 7) is 3.20. The lowest BCUT2D eigenvalue weighted by Crippen LogP contribution is -2.37. The van der Waals surface area contributed by atoms with Crippen LogP contribution in [0.3, 0.4) is 0 Å². The standard InChI is InChI=1S/C38H31NO5/c1-41-27-12-14-29-32(22-27)36(40)35-31-16-17-38(24-6-4-3-5-7-24,25-8-10-26(11-9-25)39-18-20-43-21-19-39)44-37(31)33-23-28(42-2)13-15-30(33)34(29)35/h3-17,22-23H,18-21H2,1-2H3. The highest BCUT2D eigenvalue weighted by Gasteiger charge is 2.41. The van der Waals surface area contributed by atoms with Crippen molar-refractivity contribution in [3.05, 3.63) is 125 Å². The Morgan fingerprint density at radius 3 is 2.18 bits per heavy atom. The summed E-state index contributed by atoms with van der Waals surface area (Å²) in [6.07, 6.45) is 4.16. The van der Waals surface area contributed by atoms with Crippen LogP contribution >= 0.6 is 0 Å². The van der Waals surface area contributed by atoms with Crippen molar-refractivity contribution >= 4 is 28.3 Å². The third-order valence-electron chi connectivity index (χ3n) is 9.10. The summed E-state index contributed by atoms with van der Waals surface area (Å²) in [6, 6.07) is 30.6. The molecule has 0 amide bonds. The van der Waals surface area contributed by atoms with Crippen LogP contribution in [0, 0.1) is 0 Å². The highest BCUT2D eigenvalue weighted by atomic mass is 16.5. The molecule has 1 fully saturated rings. The first-order valence-corrected chi connectivity index (χ1v) is 14.9.